The second-order valence-electron chi connectivity index (χ2n) is 3.51. The summed E-state index contributed by atoms with van der Waals surface area (Å²) in [6.45, 7) is 9.95. The molecule has 0 radical (unpaired) electrons. The lowest BCUT2D eigenvalue weighted by Gasteiger charge is -2.00. The highest BCUT2D eigenvalue weighted by molar-refractivity contribution is 5.68. The van der Waals surface area contributed by atoms with E-state index < -0.39 is 0 Å². The number of unbranched alkanes of at least 4 members (excludes halogenated alkanes) is 2. The predicted molar refractivity (Wildman–Crippen MR) is 77.1 cm³/mol. The summed E-state index contributed by atoms with van der Waals surface area (Å²) >= 11 is 0. The van der Waals surface area contributed by atoms with Crippen molar-refractivity contribution in [3.63, 3.8) is 0 Å². The lowest BCUT2D eigenvalue weighted by atomic mass is 10.3. The van der Waals surface area contributed by atoms with E-state index in [-0.39, 0.29) is 19.2 Å². The van der Waals surface area contributed by atoms with Crippen molar-refractivity contribution in [3.8, 4) is 0 Å². The van der Waals surface area contributed by atoms with Crippen LogP contribution in [0.1, 0.15) is 53.4 Å². The van der Waals surface area contributed by atoms with Gasteiger partial charge in [-0.15, -0.1) is 0 Å². The van der Waals surface area contributed by atoms with Crippen molar-refractivity contribution >= 4 is 5.97 Å². The first kappa shape index (κ1) is 23.4. The molecule has 5 nitrogen and oxygen atoms in total. The molecule has 0 aliphatic rings. The summed E-state index contributed by atoms with van der Waals surface area (Å²) in [6, 6.07) is 0. The number of aliphatic hydroxyl groups is 2. The molecule has 118 valence electrons. The number of esters is 1. The molecule has 0 atom stereocenters. The van der Waals surface area contributed by atoms with Crippen LogP contribution in [0.5, 0.6) is 0 Å². The number of hydrogen-bond donors (Lipinski definition) is 2. The molecule has 0 rings (SSSR count). The van der Waals surface area contributed by atoms with Gasteiger partial charge in [-0.2, -0.15) is 0 Å². The van der Waals surface area contributed by atoms with Crippen LogP contribution in [-0.2, 0) is 14.3 Å². The van der Waals surface area contributed by atoms with Gasteiger partial charge in [-0.25, -0.2) is 0 Å². The van der Waals surface area contributed by atoms with Crippen LogP contribution in [0.2, 0.25) is 0 Å². The normalized spacial score (nSPS) is 8.74. The third-order valence-electron chi connectivity index (χ3n) is 1.81. The van der Waals surface area contributed by atoms with E-state index in [1.165, 1.54) is 6.42 Å². The Morgan fingerprint density at radius 3 is 1.74 bits per heavy atom. The Balaban J connectivity index is -0.000000238. The van der Waals surface area contributed by atoms with Crippen molar-refractivity contribution in [3.05, 3.63) is 0 Å². The molecule has 0 aliphatic carbocycles. The van der Waals surface area contributed by atoms with Crippen molar-refractivity contribution in [1.29, 1.82) is 0 Å². The molecule has 0 aromatic heterocycles. The number of carbonyl (C=O) groups is 1. The maximum absolute atomic E-state index is 10.6. The van der Waals surface area contributed by atoms with Gasteiger partial charge in [-0.05, 0) is 20.3 Å². The van der Waals surface area contributed by atoms with E-state index >= 15 is 0 Å². The Hall–Kier alpha value is -0.650. The molecule has 0 bridgehead atoms. The van der Waals surface area contributed by atoms with Gasteiger partial charge < -0.3 is 19.7 Å². The highest BCUT2D eigenvalue weighted by Crippen LogP contribution is 1.95. The molecule has 0 aliphatic heterocycles. The van der Waals surface area contributed by atoms with Gasteiger partial charge in [-0.3, -0.25) is 4.79 Å². The fourth-order valence-electron chi connectivity index (χ4n) is 0.844. The lowest BCUT2D eigenvalue weighted by molar-refractivity contribution is -0.143. The van der Waals surface area contributed by atoms with Gasteiger partial charge >= 0.3 is 5.97 Å². The monoisotopic (exact) mass is 280 g/mol. The first-order chi connectivity index (χ1) is 9.14. The molecule has 2 N–H and O–H groups in total. The summed E-state index contributed by atoms with van der Waals surface area (Å²) in [4.78, 5) is 10.6. The Kier molecular flexibility index (Phi) is 32.1. The summed E-state index contributed by atoms with van der Waals surface area (Å²) in [6.07, 6.45) is 3.81. The van der Waals surface area contributed by atoms with Crippen molar-refractivity contribution < 1.29 is 24.5 Å². The standard InChI is InChI=1S/C8H16O2.C4H10O.C2H6O2/c1-3-5-6-7-10-8(9)4-2;1-3-5-4-2;3-1-2-4/h3-7H2,1-2H3;3-4H2,1-2H3;3-4H,1-2H2. The summed E-state index contributed by atoms with van der Waals surface area (Å²) in [5, 5.41) is 15.2. The molecule has 0 aromatic carbocycles. The molecule has 0 aromatic rings. The number of carbonyl (C=O) groups excluding carboxylic acids is 1. The topological polar surface area (TPSA) is 76.0 Å². The van der Waals surface area contributed by atoms with E-state index in [1.54, 1.807) is 0 Å². The van der Waals surface area contributed by atoms with E-state index in [0.717, 1.165) is 26.1 Å². The molecule has 0 amide bonds. The number of aliphatic hydroxyl groups excluding tert-OH is 2. The molecule has 0 saturated carbocycles. The fraction of sp³-hybridized carbons (Fsp3) is 0.929. The van der Waals surface area contributed by atoms with E-state index in [0.29, 0.717) is 13.0 Å². The largest absolute Gasteiger partial charge is 0.466 e. The summed E-state index contributed by atoms with van der Waals surface area (Å²) in [7, 11) is 0. The number of ether oxygens (including phenoxy) is 2. The van der Waals surface area contributed by atoms with Gasteiger partial charge in [-0.1, -0.05) is 26.7 Å². The van der Waals surface area contributed by atoms with Gasteiger partial charge in [0.1, 0.15) is 0 Å². The Morgan fingerprint density at radius 2 is 1.47 bits per heavy atom. The third-order valence-corrected chi connectivity index (χ3v) is 1.81. The van der Waals surface area contributed by atoms with Crippen molar-refractivity contribution in [1.82, 2.24) is 0 Å². The number of hydrogen-bond acceptors (Lipinski definition) is 5. The van der Waals surface area contributed by atoms with E-state index in [9.17, 15) is 4.79 Å². The summed E-state index contributed by atoms with van der Waals surface area (Å²) in [5.41, 5.74) is 0. The minimum atomic E-state index is -0.125. The van der Waals surface area contributed by atoms with Crippen LogP contribution in [-0.4, -0.2) is 49.2 Å². The zero-order chi connectivity index (χ0) is 15.4. The highest BCUT2D eigenvalue weighted by atomic mass is 16.5. The molecular weight excluding hydrogens is 248 g/mol. The summed E-state index contributed by atoms with van der Waals surface area (Å²) < 4.78 is 9.69. The maximum atomic E-state index is 10.6. The molecule has 0 unspecified atom stereocenters. The van der Waals surface area contributed by atoms with Crippen LogP contribution >= 0.6 is 0 Å². The van der Waals surface area contributed by atoms with Crippen molar-refractivity contribution in [2.45, 2.75) is 53.4 Å². The van der Waals surface area contributed by atoms with Crippen LogP contribution in [0.4, 0.5) is 0 Å². The molecule has 5 heteroatoms. The molecule has 19 heavy (non-hydrogen) atoms. The minimum absolute atomic E-state index is 0.0869. The zero-order valence-corrected chi connectivity index (χ0v) is 13.0. The van der Waals surface area contributed by atoms with Gasteiger partial charge in [0.05, 0.1) is 19.8 Å². The molecule has 0 saturated heterocycles. The number of rotatable bonds is 8. The molecule has 0 spiro atoms. The fourth-order valence-corrected chi connectivity index (χ4v) is 0.844. The van der Waals surface area contributed by atoms with Crippen LogP contribution in [0, 0.1) is 0 Å². The smallest absolute Gasteiger partial charge is 0.305 e. The average Bonchev–Trinajstić information content (AvgIpc) is 2.45. The Labute approximate surface area is 117 Å². The van der Waals surface area contributed by atoms with Crippen LogP contribution in [0.3, 0.4) is 0 Å². The van der Waals surface area contributed by atoms with Gasteiger partial charge in [0.15, 0.2) is 0 Å². The Bertz CT molecular complexity index is 147. The van der Waals surface area contributed by atoms with Crippen LogP contribution < -0.4 is 0 Å². The van der Waals surface area contributed by atoms with Gasteiger partial charge in [0.2, 0.25) is 0 Å². The molecule has 0 fully saturated rings. The Morgan fingerprint density at radius 1 is 0.947 bits per heavy atom. The van der Waals surface area contributed by atoms with Crippen LogP contribution in [0.15, 0.2) is 0 Å². The second kappa shape index (κ2) is 26.0. The maximum Gasteiger partial charge on any atom is 0.305 e. The van der Waals surface area contributed by atoms with E-state index in [2.05, 4.69) is 6.92 Å². The average molecular weight is 280 g/mol. The van der Waals surface area contributed by atoms with E-state index in [4.69, 9.17) is 19.7 Å². The van der Waals surface area contributed by atoms with Crippen LogP contribution in [0.25, 0.3) is 0 Å². The predicted octanol–water partition coefficient (Wildman–Crippen LogP) is 2.14. The first-order valence-electron chi connectivity index (χ1n) is 7.09. The van der Waals surface area contributed by atoms with Crippen molar-refractivity contribution in [2.24, 2.45) is 0 Å². The molecular formula is C14H32O5. The SMILES string of the molecule is CCCCCOC(=O)CC.CCOCC.OCCO. The first-order valence-corrected chi connectivity index (χ1v) is 7.09. The lowest BCUT2D eigenvalue weighted by Crippen LogP contribution is -2.03. The van der Waals surface area contributed by atoms with Crippen molar-refractivity contribution in [2.75, 3.05) is 33.0 Å². The van der Waals surface area contributed by atoms with Gasteiger partial charge in [0.25, 0.3) is 0 Å². The van der Waals surface area contributed by atoms with Gasteiger partial charge in [0, 0.05) is 19.6 Å². The quantitative estimate of drug-likeness (QED) is 0.526. The minimum Gasteiger partial charge on any atom is -0.466 e. The zero-order valence-electron chi connectivity index (χ0n) is 13.0. The third kappa shape index (κ3) is 38.2. The second-order valence-corrected chi connectivity index (χ2v) is 3.51. The highest BCUT2D eigenvalue weighted by Gasteiger charge is 1.95. The van der Waals surface area contributed by atoms with E-state index in [1.807, 2.05) is 20.8 Å². The molecule has 0 heterocycles. The summed E-state index contributed by atoms with van der Waals surface area (Å²) in [5.74, 6) is -0.0869.